The van der Waals surface area contributed by atoms with Gasteiger partial charge in [0, 0.05) is 5.02 Å². The zero-order valence-corrected chi connectivity index (χ0v) is 15.9. The van der Waals surface area contributed by atoms with E-state index in [4.69, 9.17) is 21.1 Å². The summed E-state index contributed by atoms with van der Waals surface area (Å²) in [6, 6.07) is 6.64. The molecule has 0 N–H and O–H groups in total. The summed E-state index contributed by atoms with van der Waals surface area (Å²) in [6.07, 6.45) is 1.66. The standard InChI is InChI=1S/C18H22ClN3O4/c1-12(2)17(24)25-9-18(3,4)15(23)16(22-11-20-10-21-22)26-14-7-5-13(19)6-8-14/h5-8,10-12,16H,9H2,1-4H3. The second-order valence-corrected chi connectivity index (χ2v) is 7.25. The highest BCUT2D eigenvalue weighted by atomic mass is 35.5. The van der Waals surface area contributed by atoms with Gasteiger partial charge < -0.3 is 9.47 Å². The van der Waals surface area contributed by atoms with Crippen molar-refractivity contribution in [1.29, 1.82) is 0 Å². The minimum atomic E-state index is -1.05. The largest absolute Gasteiger partial charge is 0.464 e. The summed E-state index contributed by atoms with van der Waals surface area (Å²) in [6.45, 7) is 6.80. The number of benzene rings is 1. The number of esters is 1. The van der Waals surface area contributed by atoms with Gasteiger partial charge in [0.25, 0.3) is 6.23 Å². The predicted molar refractivity (Wildman–Crippen MR) is 95.7 cm³/mol. The Labute approximate surface area is 157 Å². The lowest BCUT2D eigenvalue weighted by atomic mass is 9.88. The van der Waals surface area contributed by atoms with E-state index in [1.165, 1.54) is 17.3 Å². The van der Waals surface area contributed by atoms with Crippen LogP contribution >= 0.6 is 11.6 Å². The Bertz CT molecular complexity index is 742. The second kappa shape index (κ2) is 8.31. The van der Waals surface area contributed by atoms with E-state index in [-0.39, 0.29) is 24.3 Å². The molecule has 0 spiro atoms. The Morgan fingerprint density at radius 1 is 1.23 bits per heavy atom. The molecule has 0 saturated heterocycles. The third-order valence-corrected chi connectivity index (χ3v) is 3.93. The molecule has 1 atom stereocenters. The van der Waals surface area contributed by atoms with E-state index in [1.807, 2.05) is 0 Å². The topological polar surface area (TPSA) is 83.3 Å². The maximum Gasteiger partial charge on any atom is 0.308 e. The molecule has 0 fully saturated rings. The van der Waals surface area contributed by atoms with Crippen LogP contribution in [-0.4, -0.2) is 33.1 Å². The predicted octanol–water partition coefficient (Wildman–Crippen LogP) is 3.30. The number of rotatable bonds is 8. The van der Waals surface area contributed by atoms with Crippen molar-refractivity contribution < 1.29 is 19.1 Å². The van der Waals surface area contributed by atoms with E-state index in [0.29, 0.717) is 10.8 Å². The molecule has 0 bridgehead atoms. The van der Waals surface area contributed by atoms with Gasteiger partial charge in [-0.3, -0.25) is 9.59 Å². The van der Waals surface area contributed by atoms with E-state index in [1.54, 1.807) is 52.0 Å². The quantitative estimate of drug-likeness (QED) is 0.654. The number of Topliss-reactive ketones (excluding diaryl/α,β-unsaturated/α-hetero) is 1. The van der Waals surface area contributed by atoms with Gasteiger partial charge in [-0.2, -0.15) is 5.10 Å². The fourth-order valence-corrected chi connectivity index (χ4v) is 2.16. The van der Waals surface area contributed by atoms with Gasteiger partial charge in [0.2, 0.25) is 5.78 Å². The van der Waals surface area contributed by atoms with E-state index in [9.17, 15) is 9.59 Å². The van der Waals surface area contributed by atoms with Crippen LogP contribution in [0.2, 0.25) is 5.02 Å². The molecule has 1 aromatic heterocycles. The van der Waals surface area contributed by atoms with Gasteiger partial charge in [-0.05, 0) is 38.1 Å². The summed E-state index contributed by atoms with van der Waals surface area (Å²) in [7, 11) is 0. The van der Waals surface area contributed by atoms with Gasteiger partial charge in [-0.25, -0.2) is 9.67 Å². The van der Waals surface area contributed by atoms with Crippen molar-refractivity contribution in [3.8, 4) is 5.75 Å². The zero-order valence-electron chi connectivity index (χ0n) is 15.2. The first-order chi connectivity index (χ1) is 12.2. The van der Waals surface area contributed by atoms with E-state index in [2.05, 4.69) is 10.1 Å². The Kier molecular flexibility index (Phi) is 6.37. The normalized spacial score (nSPS) is 12.7. The molecule has 0 aliphatic rings. The summed E-state index contributed by atoms with van der Waals surface area (Å²) in [4.78, 5) is 28.7. The number of aromatic nitrogens is 3. The van der Waals surface area contributed by atoms with Crippen LogP contribution in [0.5, 0.6) is 5.75 Å². The molecule has 0 radical (unpaired) electrons. The second-order valence-electron chi connectivity index (χ2n) is 6.81. The van der Waals surface area contributed by atoms with Crippen molar-refractivity contribution in [3.05, 3.63) is 41.9 Å². The molecule has 7 nitrogen and oxygen atoms in total. The third-order valence-electron chi connectivity index (χ3n) is 3.68. The lowest BCUT2D eigenvalue weighted by Gasteiger charge is -2.28. The van der Waals surface area contributed by atoms with Gasteiger partial charge in [-0.15, -0.1) is 0 Å². The number of ketones is 1. The van der Waals surface area contributed by atoms with Crippen LogP contribution < -0.4 is 4.74 Å². The lowest BCUT2D eigenvalue weighted by molar-refractivity contribution is -0.155. The molecular formula is C18H22ClN3O4. The van der Waals surface area contributed by atoms with Crippen LogP contribution in [0.15, 0.2) is 36.9 Å². The summed E-state index contributed by atoms with van der Waals surface area (Å²) in [5.41, 5.74) is -0.979. The lowest BCUT2D eigenvalue weighted by Crippen LogP contribution is -2.39. The molecule has 2 rings (SSSR count). The number of hydrogen-bond donors (Lipinski definition) is 0. The Morgan fingerprint density at radius 2 is 1.88 bits per heavy atom. The number of halogens is 1. The van der Waals surface area contributed by atoms with E-state index >= 15 is 0 Å². The fourth-order valence-electron chi connectivity index (χ4n) is 2.03. The van der Waals surface area contributed by atoms with Gasteiger partial charge in [0.05, 0.1) is 11.3 Å². The van der Waals surface area contributed by atoms with Crippen molar-refractivity contribution in [3.63, 3.8) is 0 Å². The number of hydrogen-bond acceptors (Lipinski definition) is 6. The van der Waals surface area contributed by atoms with Gasteiger partial charge in [-0.1, -0.05) is 25.4 Å². The Hall–Kier alpha value is -2.41. The van der Waals surface area contributed by atoms with Gasteiger partial charge >= 0.3 is 5.97 Å². The maximum absolute atomic E-state index is 13.1. The van der Waals surface area contributed by atoms with Crippen molar-refractivity contribution >= 4 is 23.4 Å². The summed E-state index contributed by atoms with van der Waals surface area (Å²) in [5, 5.41) is 4.57. The fraction of sp³-hybridized carbons (Fsp3) is 0.444. The summed E-state index contributed by atoms with van der Waals surface area (Å²) >= 11 is 5.88. The Morgan fingerprint density at radius 3 is 2.42 bits per heavy atom. The van der Waals surface area contributed by atoms with Crippen LogP contribution in [0.4, 0.5) is 0 Å². The van der Waals surface area contributed by atoms with Gasteiger partial charge in [0.1, 0.15) is 25.0 Å². The van der Waals surface area contributed by atoms with Crippen molar-refractivity contribution in [2.45, 2.75) is 33.9 Å². The highest BCUT2D eigenvalue weighted by molar-refractivity contribution is 6.30. The molecule has 2 aromatic rings. The Balaban J connectivity index is 2.19. The van der Waals surface area contributed by atoms with E-state index < -0.39 is 11.6 Å². The number of carbonyl (C=O) groups excluding carboxylic acids is 2. The zero-order chi connectivity index (χ0) is 19.3. The van der Waals surface area contributed by atoms with Crippen LogP contribution in [0.3, 0.4) is 0 Å². The monoisotopic (exact) mass is 379 g/mol. The molecule has 1 heterocycles. The number of nitrogens with zero attached hydrogens (tertiary/aromatic N) is 3. The summed E-state index contributed by atoms with van der Waals surface area (Å²) in [5.74, 6) is -0.466. The van der Waals surface area contributed by atoms with Crippen molar-refractivity contribution in [2.24, 2.45) is 11.3 Å². The maximum atomic E-state index is 13.1. The van der Waals surface area contributed by atoms with E-state index in [0.717, 1.165) is 0 Å². The van der Waals surface area contributed by atoms with Crippen molar-refractivity contribution in [2.75, 3.05) is 6.61 Å². The smallest absolute Gasteiger partial charge is 0.308 e. The average molecular weight is 380 g/mol. The molecular weight excluding hydrogens is 358 g/mol. The summed E-state index contributed by atoms with van der Waals surface area (Å²) < 4.78 is 12.4. The van der Waals surface area contributed by atoms with Crippen LogP contribution in [-0.2, 0) is 14.3 Å². The average Bonchev–Trinajstić information content (AvgIpc) is 3.12. The molecule has 0 aliphatic heterocycles. The molecule has 140 valence electrons. The minimum absolute atomic E-state index is 0.0575. The van der Waals surface area contributed by atoms with Gasteiger partial charge in [0.15, 0.2) is 0 Å². The molecule has 26 heavy (non-hydrogen) atoms. The third kappa shape index (κ3) is 5.05. The molecule has 0 saturated carbocycles. The molecule has 1 unspecified atom stereocenters. The first kappa shape index (κ1) is 19.9. The number of ether oxygens (including phenoxy) is 2. The van der Waals surface area contributed by atoms with Crippen molar-refractivity contribution in [1.82, 2.24) is 14.8 Å². The molecule has 1 aromatic carbocycles. The first-order valence-electron chi connectivity index (χ1n) is 8.18. The van der Waals surface area contributed by atoms with Crippen LogP contribution in [0.25, 0.3) is 0 Å². The highest BCUT2D eigenvalue weighted by Crippen LogP contribution is 2.28. The molecule has 0 amide bonds. The molecule has 0 aliphatic carbocycles. The molecule has 8 heteroatoms. The van der Waals surface area contributed by atoms with Crippen LogP contribution in [0, 0.1) is 11.3 Å². The highest BCUT2D eigenvalue weighted by Gasteiger charge is 2.38. The first-order valence-corrected chi connectivity index (χ1v) is 8.56. The number of carbonyl (C=O) groups is 2. The SMILES string of the molecule is CC(C)C(=O)OCC(C)(C)C(=O)C(Oc1ccc(Cl)cc1)n1cncn1. The van der Waals surface area contributed by atoms with Crippen LogP contribution in [0.1, 0.15) is 33.9 Å². The minimum Gasteiger partial charge on any atom is -0.464 e.